The zero-order chi connectivity index (χ0) is 16.5. The number of carbonyl (C=O) groups excluding carboxylic acids is 1. The first-order chi connectivity index (χ1) is 11.7. The number of nitrogens with zero attached hydrogens (tertiary/aromatic N) is 5. The van der Waals surface area contributed by atoms with Crippen LogP contribution in [0.25, 0.3) is 11.0 Å². The van der Waals surface area contributed by atoms with Crippen molar-refractivity contribution in [3.8, 4) is 0 Å². The van der Waals surface area contributed by atoms with E-state index in [-0.39, 0.29) is 12.3 Å². The van der Waals surface area contributed by atoms with E-state index in [2.05, 4.69) is 20.3 Å². The molecular formula is C16H17N5O2S. The van der Waals surface area contributed by atoms with E-state index in [4.69, 9.17) is 4.52 Å². The fourth-order valence-electron chi connectivity index (χ4n) is 2.88. The Balaban J connectivity index is 1.39. The Morgan fingerprint density at radius 2 is 2.00 bits per heavy atom. The highest BCUT2D eigenvalue weighted by Gasteiger charge is 2.24. The maximum atomic E-state index is 12.6. The Labute approximate surface area is 142 Å². The number of hydrogen-bond acceptors (Lipinski definition) is 7. The molecule has 1 fully saturated rings. The Hall–Kier alpha value is -2.48. The second kappa shape index (κ2) is 6.20. The number of aryl methyl sites for hydroxylation is 1. The average molecular weight is 343 g/mol. The number of piperazine rings is 1. The SMILES string of the molecule is Cc1nnc(N2CCN(C(=O)Cc3noc4ccccc34)CC2)s1. The van der Waals surface area contributed by atoms with Crippen LogP contribution in [-0.4, -0.2) is 52.3 Å². The third-order valence-electron chi connectivity index (χ3n) is 4.19. The van der Waals surface area contributed by atoms with Gasteiger partial charge in [-0.05, 0) is 19.1 Å². The molecule has 0 radical (unpaired) electrons. The molecule has 0 bridgehead atoms. The molecule has 8 heteroatoms. The molecule has 0 saturated carbocycles. The van der Waals surface area contributed by atoms with Gasteiger partial charge in [0.25, 0.3) is 0 Å². The van der Waals surface area contributed by atoms with Crippen LogP contribution in [0.1, 0.15) is 10.7 Å². The van der Waals surface area contributed by atoms with Gasteiger partial charge in [0.05, 0.1) is 6.42 Å². The van der Waals surface area contributed by atoms with Gasteiger partial charge in [0.1, 0.15) is 10.7 Å². The Bertz CT molecular complexity index is 866. The Morgan fingerprint density at radius 3 is 2.75 bits per heavy atom. The quantitative estimate of drug-likeness (QED) is 0.723. The van der Waals surface area contributed by atoms with Crippen molar-refractivity contribution < 1.29 is 9.32 Å². The van der Waals surface area contributed by atoms with E-state index in [1.54, 1.807) is 11.3 Å². The van der Waals surface area contributed by atoms with Crippen molar-refractivity contribution in [1.29, 1.82) is 0 Å². The third-order valence-corrected chi connectivity index (χ3v) is 5.09. The van der Waals surface area contributed by atoms with Crippen LogP contribution in [0.15, 0.2) is 28.8 Å². The first-order valence-corrected chi connectivity index (χ1v) is 8.68. The normalized spacial score (nSPS) is 15.2. The molecule has 7 nitrogen and oxygen atoms in total. The molecule has 24 heavy (non-hydrogen) atoms. The topological polar surface area (TPSA) is 75.4 Å². The number of fused-ring (bicyclic) bond motifs is 1. The number of aromatic nitrogens is 3. The van der Waals surface area contributed by atoms with E-state index < -0.39 is 0 Å². The van der Waals surface area contributed by atoms with Gasteiger partial charge in [-0.3, -0.25) is 4.79 Å². The largest absolute Gasteiger partial charge is 0.356 e. The minimum atomic E-state index is 0.0853. The highest BCUT2D eigenvalue weighted by molar-refractivity contribution is 7.15. The van der Waals surface area contributed by atoms with E-state index in [1.165, 1.54) is 0 Å². The van der Waals surface area contributed by atoms with Gasteiger partial charge in [0.15, 0.2) is 5.58 Å². The molecule has 0 unspecified atom stereocenters. The molecule has 3 heterocycles. The Kier molecular flexibility index (Phi) is 3.89. The lowest BCUT2D eigenvalue weighted by Crippen LogP contribution is -2.49. The lowest BCUT2D eigenvalue weighted by atomic mass is 10.1. The van der Waals surface area contributed by atoms with Crippen molar-refractivity contribution in [2.75, 3.05) is 31.1 Å². The van der Waals surface area contributed by atoms with E-state index >= 15 is 0 Å². The van der Waals surface area contributed by atoms with Crippen LogP contribution in [-0.2, 0) is 11.2 Å². The first-order valence-electron chi connectivity index (χ1n) is 7.87. The number of rotatable bonds is 3. The molecule has 0 spiro atoms. The van der Waals surface area contributed by atoms with Crippen molar-refractivity contribution in [3.63, 3.8) is 0 Å². The van der Waals surface area contributed by atoms with E-state index in [9.17, 15) is 4.79 Å². The van der Waals surface area contributed by atoms with Crippen molar-refractivity contribution >= 4 is 33.3 Å². The predicted octanol–water partition coefficient (Wildman–Crippen LogP) is 1.88. The van der Waals surface area contributed by atoms with Gasteiger partial charge in [-0.25, -0.2) is 0 Å². The monoisotopic (exact) mass is 343 g/mol. The van der Waals surface area contributed by atoms with Crippen LogP contribution in [0, 0.1) is 6.92 Å². The molecular weight excluding hydrogens is 326 g/mol. The summed E-state index contributed by atoms with van der Waals surface area (Å²) in [6.07, 6.45) is 0.273. The summed E-state index contributed by atoms with van der Waals surface area (Å²) in [7, 11) is 0. The highest BCUT2D eigenvalue weighted by Crippen LogP contribution is 2.22. The van der Waals surface area contributed by atoms with Gasteiger partial charge >= 0.3 is 0 Å². The van der Waals surface area contributed by atoms with Gasteiger partial charge in [0.2, 0.25) is 11.0 Å². The summed E-state index contributed by atoms with van der Waals surface area (Å²) in [5, 5.41) is 15.1. The molecule has 124 valence electrons. The number of hydrogen-bond donors (Lipinski definition) is 0. The van der Waals surface area contributed by atoms with Crippen LogP contribution >= 0.6 is 11.3 Å². The molecule has 1 aromatic carbocycles. The van der Waals surface area contributed by atoms with Crippen LogP contribution in [0.5, 0.6) is 0 Å². The van der Waals surface area contributed by atoms with Crippen molar-refractivity contribution in [3.05, 3.63) is 35.0 Å². The maximum absolute atomic E-state index is 12.6. The summed E-state index contributed by atoms with van der Waals surface area (Å²) >= 11 is 1.59. The zero-order valence-electron chi connectivity index (χ0n) is 13.3. The number of para-hydroxylation sites is 1. The van der Waals surface area contributed by atoms with Crippen molar-refractivity contribution in [2.24, 2.45) is 0 Å². The van der Waals surface area contributed by atoms with Gasteiger partial charge in [0, 0.05) is 31.6 Å². The van der Waals surface area contributed by atoms with E-state index in [0.717, 1.165) is 34.2 Å². The zero-order valence-corrected chi connectivity index (χ0v) is 14.1. The van der Waals surface area contributed by atoms with Crippen LogP contribution in [0.2, 0.25) is 0 Å². The first kappa shape index (κ1) is 15.1. The predicted molar refractivity (Wildman–Crippen MR) is 91.2 cm³/mol. The summed E-state index contributed by atoms with van der Waals surface area (Å²) in [5.74, 6) is 0.0853. The molecule has 1 aliphatic rings. The second-order valence-electron chi connectivity index (χ2n) is 5.77. The molecule has 1 saturated heterocycles. The summed E-state index contributed by atoms with van der Waals surface area (Å²) in [6.45, 7) is 4.88. The second-order valence-corrected chi connectivity index (χ2v) is 6.93. The summed E-state index contributed by atoms with van der Waals surface area (Å²) in [4.78, 5) is 16.6. The van der Waals surface area contributed by atoms with Gasteiger partial charge < -0.3 is 14.3 Å². The minimum absolute atomic E-state index is 0.0853. The van der Waals surface area contributed by atoms with Crippen molar-refractivity contribution in [1.82, 2.24) is 20.3 Å². The van der Waals surface area contributed by atoms with Gasteiger partial charge in [-0.1, -0.05) is 28.6 Å². The molecule has 3 aromatic rings. The molecule has 4 rings (SSSR count). The Morgan fingerprint density at radius 1 is 1.21 bits per heavy atom. The standard InChI is InChI=1S/C16H17N5O2S/c1-11-17-18-16(24-11)21-8-6-20(7-9-21)15(22)10-13-12-4-2-3-5-14(12)23-19-13/h2-5H,6-10H2,1H3. The van der Waals surface area contributed by atoms with E-state index in [1.807, 2.05) is 36.1 Å². The molecule has 1 amide bonds. The van der Waals surface area contributed by atoms with Crippen LogP contribution in [0.4, 0.5) is 5.13 Å². The van der Waals surface area contributed by atoms with E-state index in [0.29, 0.717) is 18.8 Å². The third kappa shape index (κ3) is 2.84. The molecule has 0 N–H and O–H groups in total. The summed E-state index contributed by atoms with van der Waals surface area (Å²) in [5.41, 5.74) is 1.43. The average Bonchev–Trinajstić information content (AvgIpc) is 3.22. The maximum Gasteiger partial charge on any atom is 0.228 e. The fraction of sp³-hybridized carbons (Fsp3) is 0.375. The molecule has 1 aliphatic heterocycles. The lowest BCUT2D eigenvalue weighted by molar-refractivity contribution is -0.130. The number of carbonyl (C=O) groups is 1. The molecule has 0 aliphatic carbocycles. The fourth-order valence-corrected chi connectivity index (χ4v) is 3.62. The highest BCUT2D eigenvalue weighted by atomic mass is 32.1. The lowest BCUT2D eigenvalue weighted by Gasteiger charge is -2.34. The minimum Gasteiger partial charge on any atom is -0.356 e. The smallest absolute Gasteiger partial charge is 0.228 e. The van der Waals surface area contributed by atoms with Gasteiger partial charge in [-0.2, -0.15) is 0 Å². The summed E-state index contributed by atoms with van der Waals surface area (Å²) < 4.78 is 5.27. The number of benzene rings is 1. The van der Waals surface area contributed by atoms with Gasteiger partial charge in [-0.15, -0.1) is 10.2 Å². The number of anilines is 1. The molecule has 0 atom stereocenters. The molecule has 2 aromatic heterocycles. The van der Waals surface area contributed by atoms with Crippen LogP contribution in [0.3, 0.4) is 0 Å². The van der Waals surface area contributed by atoms with Crippen LogP contribution < -0.4 is 4.90 Å². The summed E-state index contributed by atoms with van der Waals surface area (Å²) in [6, 6.07) is 7.62. The number of amides is 1. The van der Waals surface area contributed by atoms with Crippen molar-refractivity contribution in [2.45, 2.75) is 13.3 Å².